The Kier molecular flexibility index (Phi) is 3.84. The smallest absolute Gasteiger partial charge is 0.188 e. The second-order valence-corrected chi connectivity index (χ2v) is 3.33. The highest BCUT2D eigenvalue weighted by Gasteiger charge is 2.19. The van der Waals surface area contributed by atoms with Crippen molar-refractivity contribution < 1.29 is 9.13 Å². The SMILES string of the molecule is CCC1CCC(OCF)CC1. The highest BCUT2D eigenvalue weighted by molar-refractivity contribution is 4.71. The van der Waals surface area contributed by atoms with Crippen molar-refractivity contribution in [1.82, 2.24) is 0 Å². The summed E-state index contributed by atoms with van der Waals surface area (Å²) in [5.74, 6) is 0.870. The van der Waals surface area contributed by atoms with Gasteiger partial charge in [0.2, 0.25) is 0 Å². The molecule has 0 aliphatic heterocycles. The van der Waals surface area contributed by atoms with E-state index >= 15 is 0 Å². The fraction of sp³-hybridized carbons (Fsp3) is 1.00. The van der Waals surface area contributed by atoms with E-state index in [-0.39, 0.29) is 6.10 Å². The van der Waals surface area contributed by atoms with E-state index in [1.807, 2.05) is 0 Å². The van der Waals surface area contributed by atoms with Crippen LogP contribution in [0.25, 0.3) is 0 Å². The highest BCUT2D eigenvalue weighted by atomic mass is 19.1. The summed E-state index contributed by atoms with van der Waals surface area (Å²) in [6.07, 6.45) is 6.04. The average Bonchev–Trinajstić information content (AvgIpc) is 2.07. The van der Waals surface area contributed by atoms with Gasteiger partial charge >= 0.3 is 0 Å². The topological polar surface area (TPSA) is 9.23 Å². The van der Waals surface area contributed by atoms with Gasteiger partial charge in [0.05, 0.1) is 6.10 Å². The second kappa shape index (κ2) is 4.70. The zero-order valence-corrected chi connectivity index (χ0v) is 7.18. The fourth-order valence-electron chi connectivity index (χ4n) is 1.80. The Hall–Kier alpha value is -0.110. The van der Waals surface area contributed by atoms with Crippen LogP contribution in [-0.2, 0) is 4.74 Å². The molecule has 1 aliphatic carbocycles. The minimum absolute atomic E-state index is 0.211. The Morgan fingerprint density at radius 3 is 2.36 bits per heavy atom. The van der Waals surface area contributed by atoms with Crippen molar-refractivity contribution in [2.24, 2.45) is 5.92 Å². The van der Waals surface area contributed by atoms with Gasteiger partial charge in [-0.25, -0.2) is 4.39 Å². The maximum Gasteiger partial charge on any atom is 0.188 e. The van der Waals surface area contributed by atoms with Crippen molar-refractivity contribution >= 4 is 0 Å². The molecular weight excluding hydrogens is 143 g/mol. The van der Waals surface area contributed by atoms with E-state index in [1.165, 1.54) is 19.3 Å². The number of halogens is 1. The lowest BCUT2D eigenvalue weighted by Gasteiger charge is -2.26. The predicted molar refractivity (Wildman–Crippen MR) is 43.1 cm³/mol. The number of alkyl halides is 1. The molecular formula is C9H17FO. The van der Waals surface area contributed by atoms with E-state index in [2.05, 4.69) is 6.92 Å². The number of hydrogen-bond donors (Lipinski definition) is 0. The standard InChI is InChI=1S/C9H17FO/c1-2-8-3-5-9(6-4-8)11-7-10/h8-9H,2-7H2,1H3. The average molecular weight is 160 g/mol. The largest absolute Gasteiger partial charge is 0.347 e. The molecule has 1 nitrogen and oxygen atoms in total. The number of hydrogen-bond acceptors (Lipinski definition) is 1. The van der Waals surface area contributed by atoms with Gasteiger partial charge in [0.1, 0.15) is 0 Å². The first kappa shape index (κ1) is 8.98. The molecule has 0 aromatic carbocycles. The van der Waals surface area contributed by atoms with E-state index in [4.69, 9.17) is 4.74 Å². The van der Waals surface area contributed by atoms with Crippen LogP contribution in [0, 0.1) is 5.92 Å². The van der Waals surface area contributed by atoms with Crippen molar-refractivity contribution in [2.45, 2.75) is 45.1 Å². The Bertz CT molecular complexity index is 97.7. The van der Waals surface area contributed by atoms with Crippen LogP contribution in [0.3, 0.4) is 0 Å². The molecule has 66 valence electrons. The van der Waals surface area contributed by atoms with Gasteiger partial charge in [0.25, 0.3) is 0 Å². The van der Waals surface area contributed by atoms with Gasteiger partial charge in [-0.2, -0.15) is 0 Å². The normalized spacial score (nSPS) is 32.2. The van der Waals surface area contributed by atoms with E-state index in [1.54, 1.807) is 0 Å². The van der Waals surface area contributed by atoms with Gasteiger partial charge in [-0.1, -0.05) is 13.3 Å². The lowest BCUT2D eigenvalue weighted by Crippen LogP contribution is -2.20. The molecule has 0 atom stereocenters. The van der Waals surface area contributed by atoms with Crippen LogP contribution in [0.15, 0.2) is 0 Å². The molecule has 1 aliphatic rings. The minimum Gasteiger partial charge on any atom is -0.347 e. The van der Waals surface area contributed by atoms with Crippen LogP contribution in [-0.4, -0.2) is 13.0 Å². The van der Waals surface area contributed by atoms with Crippen molar-refractivity contribution in [3.05, 3.63) is 0 Å². The quantitative estimate of drug-likeness (QED) is 0.616. The van der Waals surface area contributed by atoms with Crippen molar-refractivity contribution in [1.29, 1.82) is 0 Å². The lowest BCUT2D eigenvalue weighted by molar-refractivity contribution is -0.0287. The second-order valence-electron chi connectivity index (χ2n) is 3.33. The van der Waals surface area contributed by atoms with Crippen LogP contribution in [0.5, 0.6) is 0 Å². The number of rotatable bonds is 3. The zero-order chi connectivity index (χ0) is 8.10. The fourth-order valence-corrected chi connectivity index (χ4v) is 1.80. The monoisotopic (exact) mass is 160 g/mol. The van der Waals surface area contributed by atoms with E-state index in [0.717, 1.165) is 18.8 Å². The third kappa shape index (κ3) is 2.78. The Morgan fingerprint density at radius 2 is 1.91 bits per heavy atom. The summed E-state index contributed by atoms with van der Waals surface area (Å²) in [5.41, 5.74) is 0. The number of ether oxygens (including phenoxy) is 1. The molecule has 0 bridgehead atoms. The summed E-state index contributed by atoms with van der Waals surface area (Å²) in [4.78, 5) is 0. The summed E-state index contributed by atoms with van der Waals surface area (Å²) >= 11 is 0. The molecule has 0 amide bonds. The molecule has 0 radical (unpaired) electrons. The molecule has 2 heteroatoms. The third-order valence-electron chi connectivity index (χ3n) is 2.67. The molecule has 0 aromatic rings. The minimum atomic E-state index is -0.610. The van der Waals surface area contributed by atoms with Gasteiger partial charge in [-0.05, 0) is 31.6 Å². The maximum absolute atomic E-state index is 11.7. The van der Waals surface area contributed by atoms with Crippen LogP contribution in [0.2, 0.25) is 0 Å². The van der Waals surface area contributed by atoms with Crippen molar-refractivity contribution in [3.63, 3.8) is 0 Å². The molecule has 1 rings (SSSR count). The van der Waals surface area contributed by atoms with E-state index in [9.17, 15) is 4.39 Å². The first-order valence-corrected chi connectivity index (χ1v) is 4.54. The molecule has 1 saturated carbocycles. The lowest BCUT2D eigenvalue weighted by atomic mass is 9.86. The third-order valence-corrected chi connectivity index (χ3v) is 2.67. The van der Waals surface area contributed by atoms with Crippen molar-refractivity contribution in [2.75, 3.05) is 6.86 Å². The summed E-state index contributed by atoms with van der Waals surface area (Å²) in [5, 5.41) is 0. The van der Waals surface area contributed by atoms with Gasteiger partial charge in [0, 0.05) is 0 Å². The van der Waals surface area contributed by atoms with Crippen LogP contribution >= 0.6 is 0 Å². The van der Waals surface area contributed by atoms with Gasteiger partial charge in [-0.15, -0.1) is 0 Å². The summed E-state index contributed by atoms with van der Waals surface area (Å²) in [6, 6.07) is 0. The zero-order valence-electron chi connectivity index (χ0n) is 7.18. The molecule has 11 heavy (non-hydrogen) atoms. The summed E-state index contributed by atoms with van der Waals surface area (Å²) in [7, 11) is 0. The molecule has 0 unspecified atom stereocenters. The predicted octanol–water partition coefficient (Wildman–Crippen LogP) is 2.90. The Morgan fingerprint density at radius 1 is 1.27 bits per heavy atom. The maximum atomic E-state index is 11.7. The summed E-state index contributed by atoms with van der Waals surface area (Å²) in [6.45, 7) is 1.61. The van der Waals surface area contributed by atoms with Crippen LogP contribution in [0.4, 0.5) is 4.39 Å². The first-order valence-electron chi connectivity index (χ1n) is 4.54. The molecule has 0 aromatic heterocycles. The van der Waals surface area contributed by atoms with Crippen LogP contribution < -0.4 is 0 Å². The van der Waals surface area contributed by atoms with Gasteiger partial charge in [-0.3, -0.25) is 0 Å². The summed E-state index contributed by atoms with van der Waals surface area (Å²) < 4.78 is 16.6. The van der Waals surface area contributed by atoms with Gasteiger partial charge < -0.3 is 4.74 Å². The molecule has 0 heterocycles. The van der Waals surface area contributed by atoms with E-state index < -0.39 is 6.86 Å². The molecule has 0 N–H and O–H groups in total. The Balaban J connectivity index is 2.14. The first-order chi connectivity index (χ1) is 5.36. The van der Waals surface area contributed by atoms with Crippen molar-refractivity contribution in [3.8, 4) is 0 Å². The molecule has 0 spiro atoms. The van der Waals surface area contributed by atoms with Crippen LogP contribution in [0.1, 0.15) is 39.0 Å². The van der Waals surface area contributed by atoms with E-state index in [0.29, 0.717) is 0 Å². The Labute approximate surface area is 67.9 Å². The molecule has 1 fully saturated rings. The highest BCUT2D eigenvalue weighted by Crippen LogP contribution is 2.27. The van der Waals surface area contributed by atoms with Gasteiger partial charge in [0.15, 0.2) is 6.86 Å². The molecule has 0 saturated heterocycles.